The summed E-state index contributed by atoms with van der Waals surface area (Å²) in [6, 6.07) is 0. The number of aryl methyl sites for hydroxylation is 1. The summed E-state index contributed by atoms with van der Waals surface area (Å²) in [5.74, 6) is 0.810. The van der Waals surface area contributed by atoms with Crippen molar-refractivity contribution in [2.45, 2.75) is 33.7 Å². The van der Waals surface area contributed by atoms with Gasteiger partial charge in [-0.3, -0.25) is 4.68 Å². The highest BCUT2D eigenvalue weighted by Crippen LogP contribution is 2.22. The van der Waals surface area contributed by atoms with Gasteiger partial charge in [0.05, 0.1) is 30.1 Å². The number of nitrogens with zero attached hydrogens (tertiary/aromatic N) is 7. The first-order valence-electron chi connectivity index (χ1n) is 9.48. The number of likely N-dealkylation sites (tertiary alicyclic amines) is 1. The molecule has 0 radical (unpaired) electrons. The number of anilines is 2. The Morgan fingerprint density at radius 2 is 2.17 bits per heavy atom. The van der Waals surface area contributed by atoms with E-state index >= 15 is 0 Å². The summed E-state index contributed by atoms with van der Waals surface area (Å²) >= 11 is 0. The summed E-state index contributed by atoms with van der Waals surface area (Å²) in [4.78, 5) is 22.8. The third-order valence-electron chi connectivity index (χ3n) is 4.81. The van der Waals surface area contributed by atoms with Crippen LogP contribution in [0.4, 0.5) is 16.4 Å². The van der Waals surface area contributed by atoms with Crippen molar-refractivity contribution in [2.24, 2.45) is 13.0 Å². The molecule has 1 fully saturated rings. The zero-order valence-electron chi connectivity index (χ0n) is 16.1. The lowest BCUT2D eigenvalue weighted by molar-refractivity contribution is 0.0854. The van der Waals surface area contributed by atoms with Crippen molar-refractivity contribution >= 4 is 28.8 Å². The third kappa shape index (κ3) is 4.64. The second-order valence-corrected chi connectivity index (χ2v) is 6.98. The van der Waals surface area contributed by atoms with Crippen LogP contribution < -0.4 is 5.32 Å². The molecule has 10 nitrogen and oxygen atoms in total. The molecule has 1 atom stereocenters. The second kappa shape index (κ2) is 8.89. The molecule has 29 heavy (non-hydrogen) atoms. The number of amides is 1. The van der Waals surface area contributed by atoms with Crippen LogP contribution in [0.25, 0.3) is 11.0 Å². The van der Waals surface area contributed by atoms with Crippen molar-refractivity contribution in [3.8, 4) is 0 Å². The zero-order chi connectivity index (χ0) is 19.5. The molecule has 4 heterocycles. The number of nitrogens with one attached hydrogen (secondary N) is 1. The van der Waals surface area contributed by atoms with E-state index in [1.54, 1.807) is 28.2 Å². The first-order valence-corrected chi connectivity index (χ1v) is 9.48. The average molecular weight is 400 g/mol. The van der Waals surface area contributed by atoms with E-state index in [1.165, 1.54) is 0 Å². The SMILES string of the molecule is C.CCOC(=O)N1CCCC(Cn2ncc3cnc(Nc4cnn(C)c4)nc32)C1. The van der Waals surface area contributed by atoms with Crippen LogP contribution >= 0.6 is 0 Å². The van der Waals surface area contributed by atoms with Crippen LogP contribution in [0, 0.1) is 5.92 Å². The molecule has 0 saturated carbocycles. The maximum atomic E-state index is 12.0. The summed E-state index contributed by atoms with van der Waals surface area (Å²) in [5.41, 5.74) is 1.60. The van der Waals surface area contributed by atoms with Crippen LogP contribution in [-0.2, 0) is 18.3 Å². The summed E-state index contributed by atoms with van der Waals surface area (Å²) in [5, 5.41) is 12.7. The fourth-order valence-electron chi connectivity index (χ4n) is 3.51. The molecule has 4 rings (SSSR count). The average Bonchev–Trinajstić information content (AvgIpc) is 3.28. The normalized spacial score (nSPS) is 16.5. The van der Waals surface area contributed by atoms with Gasteiger partial charge in [0.15, 0.2) is 5.65 Å². The number of hydrogen-bond acceptors (Lipinski definition) is 7. The summed E-state index contributed by atoms with van der Waals surface area (Å²) < 4.78 is 8.74. The predicted molar refractivity (Wildman–Crippen MR) is 110 cm³/mol. The quantitative estimate of drug-likeness (QED) is 0.702. The largest absolute Gasteiger partial charge is 0.450 e. The van der Waals surface area contributed by atoms with Crippen molar-refractivity contribution in [1.29, 1.82) is 0 Å². The van der Waals surface area contributed by atoms with E-state index in [1.807, 2.05) is 24.9 Å². The Labute approximate surface area is 169 Å². The second-order valence-electron chi connectivity index (χ2n) is 6.98. The van der Waals surface area contributed by atoms with Gasteiger partial charge in [-0.15, -0.1) is 0 Å². The van der Waals surface area contributed by atoms with Crippen LogP contribution in [0.5, 0.6) is 0 Å². The monoisotopic (exact) mass is 400 g/mol. The highest BCUT2D eigenvalue weighted by atomic mass is 16.6. The van der Waals surface area contributed by atoms with Gasteiger partial charge in [0.25, 0.3) is 0 Å². The van der Waals surface area contributed by atoms with Gasteiger partial charge in [-0.05, 0) is 25.7 Å². The number of carbonyl (C=O) groups excluding carboxylic acids is 1. The molecule has 0 bridgehead atoms. The van der Waals surface area contributed by atoms with E-state index in [9.17, 15) is 4.79 Å². The first kappa shape index (κ1) is 20.6. The maximum absolute atomic E-state index is 12.0. The summed E-state index contributed by atoms with van der Waals surface area (Å²) in [7, 11) is 1.86. The molecule has 0 spiro atoms. The molecule has 3 aromatic heterocycles. The standard InChI is InChI=1S/C18H24N8O2.CH4/c1-3-28-18(27)25-6-4-5-13(10-25)11-26-16-14(8-21-26)7-19-17(23-16)22-15-9-20-24(2)12-15;/h7-9,12-13H,3-6,10-11H2,1-2H3,(H,19,22,23);1H4. The van der Waals surface area contributed by atoms with Crippen LogP contribution in [0.15, 0.2) is 24.8 Å². The number of aromatic nitrogens is 6. The van der Waals surface area contributed by atoms with Gasteiger partial charge >= 0.3 is 6.09 Å². The highest BCUT2D eigenvalue weighted by molar-refractivity contribution is 5.75. The zero-order valence-corrected chi connectivity index (χ0v) is 16.1. The van der Waals surface area contributed by atoms with Crippen molar-refractivity contribution in [3.63, 3.8) is 0 Å². The Bertz CT molecular complexity index is 966. The Morgan fingerprint density at radius 3 is 2.93 bits per heavy atom. The van der Waals surface area contributed by atoms with E-state index in [0.29, 0.717) is 31.6 Å². The summed E-state index contributed by atoms with van der Waals surface area (Å²) in [6.07, 6.45) is 8.89. The van der Waals surface area contributed by atoms with Gasteiger partial charge in [0.2, 0.25) is 5.95 Å². The minimum absolute atomic E-state index is 0. The Morgan fingerprint density at radius 1 is 1.31 bits per heavy atom. The number of piperidine rings is 1. The van der Waals surface area contributed by atoms with E-state index in [0.717, 1.165) is 36.1 Å². The van der Waals surface area contributed by atoms with Crippen molar-refractivity contribution in [1.82, 2.24) is 34.4 Å². The van der Waals surface area contributed by atoms with Crippen molar-refractivity contribution < 1.29 is 9.53 Å². The lowest BCUT2D eigenvalue weighted by Crippen LogP contribution is -2.41. The smallest absolute Gasteiger partial charge is 0.409 e. The fourth-order valence-corrected chi connectivity index (χ4v) is 3.51. The molecule has 1 amide bonds. The molecular weight excluding hydrogens is 372 g/mol. The molecule has 1 N–H and O–H groups in total. The molecular formula is C19H28N8O2. The number of ether oxygens (including phenoxy) is 1. The Hall–Kier alpha value is -3.17. The maximum Gasteiger partial charge on any atom is 0.409 e. The Balaban J connectivity index is 0.00000240. The molecule has 0 aromatic carbocycles. The molecule has 1 saturated heterocycles. The first-order chi connectivity index (χ1) is 13.6. The molecule has 1 unspecified atom stereocenters. The van der Waals surface area contributed by atoms with Crippen molar-refractivity contribution in [3.05, 3.63) is 24.8 Å². The van der Waals surface area contributed by atoms with Crippen molar-refractivity contribution in [2.75, 3.05) is 25.0 Å². The lowest BCUT2D eigenvalue weighted by atomic mass is 9.98. The minimum Gasteiger partial charge on any atom is -0.450 e. The number of rotatable bonds is 5. The van der Waals surface area contributed by atoms with Crippen LogP contribution in [0.1, 0.15) is 27.2 Å². The van der Waals surface area contributed by atoms with Crippen LogP contribution in [-0.4, -0.2) is 60.2 Å². The fraction of sp³-hybridized carbons (Fsp3) is 0.526. The highest BCUT2D eigenvalue weighted by Gasteiger charge is 2.25. The lowest BCUT2D eigenvalue weighted by Gasteiger charge is -2.31. The van der Waals surface area contributed by atoms with Gasteiger partial charge in [-0.1, -0.05) is 7.43 Å². The number of hydrogen-bond donors (Lipinski definition) is 1. The Kier molecular flexibility index (Phi) is 6.30. The van der Waals surface area contributed by atoms with E-state index in [2.05, 4.69) is 25.5 Å². The van der Waals surface area contributed by atoms with Gasteiger partial charge in [-0.25, -0.2) is 14.5 Å². The molecule has 3 aromatic rings. The molecule has 1 aliphatic heterocycles. The van der Waals surface area contributed by atoms with Crippen LogP contribution in [0.3, 0.4) is 0 Å². The molecule has 0 aliphatic carbocycles. The van der Waals surface area contributed by atoms with E-state index in [-0.39, 0.29) is 13.5 Å². The predicted octanol–water partition coefficient (Wildman–Crippen LogP) is 2.81. The topological polar surface area (TPSA) is 103 Å². The van der Waals surface area contributed by atoms with Gasteiger partial charge in [0, 0.05) is 39.1 Å². The number of carbonyl (C=O) groups is 1. The van der Waals surface area contributed by atoms with Gasteiger partial charge < -0.3 is 15.0 Å². The minimum atomic E-state index is -0.234. The van der Waals surface area contributed by atoms with E-state index < -0.39 is 0 Å². The molecule has 10 heteroatoms. The summed E-state index contributed by atoms with van der Waals surface area (Å²) in [6.45, 7) is 4.34. The van der Waals surface area contributed by atoms with E-state index in [4.69, 9.17) is 4.74 Å². The van der Waals surface area contributed by atoms with Gasteiger partial charge in [-0.2, -0.15) is 15.2 Å². The molecule has 156 valence electrons. The molecule has 1 aliphatic rings. The third-order valence-corrected chi connectivity index (χ3v) is 4.81. The van der Waals surface area contributed by atoms with Gasteiger partial charge in [0.1, 0.15) is 0 Å². The number of fused-ring (bicyclic) bond motifs is 1. The van der Waals surface area contributed by atoms with Crippen LogP contribution in [0.2, 0.25) is 0 Å².